The first-order valence-corrected chi connectivity index (χ1v) is 13.5. The minimum Gasteiger partial charge on any atom is -0.315 e. The number of aromatic nitrogens is 2. The Morgan fingerprint density at radius 2 is 1.27 bits per heavy atom. The van der Waals surface area contributed by atoms with Crippen molar-refractivity contribution in [3.63, 3.8) is 0 Å². The van der Waals surface area contributed by atoms with Crippen molar-refractivity contribution in [1.29, 1.82) is 0 Å². The van der Waals surface area contributed by atoms with Crippen LogP contribution in [0, 0.1) is 6.92 Å². The molecule has 5 nitrogen and oxygen atoms in total. The van der Waals surface area contributed by atoms with E-state index in [1.807, 2.05) is 135 Å². The fraction of sp³-hybridized carbons (Fsp3) is 0.375. The number of aryl methyl sites for hydroxylation is 2. The summed E-state index contributed by atoms with van der Waals surface area (Å²) in [6, 6.07) is 23.7. The van der Waals surface area contributed by atoms with Crippen LogP contribution >= 0.6 is 0 Å². The van der Waals surface area contributed by atoms with Gasteiger partial charge < -0.3 is 9.47 Å². The fourth-order valence-corrected chi connectivity index (χ4v) is 4.07. The van der Waals surface area contributed by atoms with Crippen molar-refractivity contribution in [2.75, 3.05) is 6.79 Å². The largest absolute Gasteiger partial charge is 0.348 e. The molecule has 200 valence electrons. The van der Waals surface area contributed by atoms with Gasteiger partial charge in [-0.3, -0.25) is 4.57 Å². The first kappa shape index (κ1) is 31.7. The average molecular weight is 505 g/mol. The van der Waals surface area contributed by atoms with Crippen LogP contribution in [0.25, 0.3) is 22.2 Å². The highest BCUT2D eigenvalue weighted by Gasteiger charge is 2.44. The SMILES string of the molecule is CC.CC.CC.CC.Cc1cc(C2(c3ccccc3)OCO2)cc2c(-c3ccccc3)nc(=O)n(C)c12. The lowest BCUT2D eigenvalue weighted by atomic mass is 9.92. The van der Waals surface area contributed by atoms with Crippen molar-refractivity contribution < 1.29 is 9.47 Å². The van der Waals surface area contributed by atoms with Crippen molar-refractivity contribution in [2.24, 2.45) is 7.05 Å². The van der Waals surface area contributed by atoms with Gasteiger partial charge in [-0.25, -0.2) is 4.79 Å². The lowest BCUT2D eigenvalue weighted by Gasteiger charge is -2.42. The van der Waals surface area contributed by atoms with E-state index >= 15 is 0 Å². The fourth-order valence-electron chi connectivity index (χ4n) is 4.07. The Morgan fingerprint density at radius 1 is 0.757 bits per heavy atom. The van der Waals surface area contributed by atoms with Crippen molar-refractivity contribution in [3.05, 3.63) is 100.0 Å². The van der Waals surface area contributed by atoms with Crippen molar-refractivity contribution in [3.8, 4) is 11.3 Å². The molecule has 1 aliphatic heterocycles. The maximum atomic E-state index is 12.6. The summed E-state index contributed by atoms with van der Waals surface area (Å²) in [5, 5.41) is 0.891. The van der Waals surface area contributed by atoms with Gasteiger partial charge >= 0.3 is 5.69 Å². The molecule has 1 fully saturated rings. The molecule has 5 rings (SSSR count). The molecule has 5 heteroatoms. The van der Waals surface area contributed by atoms with E-state index in [1.165, 1.54) is 0 Å². The normalized spacial score (nSPS) is 12.6. The first-order valence-electron chi connectivity index (χ1n) is 13.5. The van der Waals surface area contributed by atoms with E-state index in [1.54, 1.807) is 11.6 Å². The molecule has 1 aromatic heterocycles. The summed E-state index contributed by atoms with van der Waals surface area (Å²) in [7, 11) is 1.75. The van der Waals surface area contributed by atoms with Crippen LogP contribution in [0.2, 0.25) is 0 Å². The van der Waals surface area contributed by atoms with E-state index in [-0.39, 0.29) is 12.5 Å². The number of rotatable bonds is 3. The smallest absolute Gasteiger partial charge is 0.315 e. The molecular formula is C32H44N2O3. The van der Waals surface area contributed by atoms with E-state index in [2.05, 4.69) is 4.98 Å². The van der Waals surface area contributed by atoms with Crippen LogP contribution in [-0.4, -0.2) is 16.3 Å². The Balaban J connectivity index is 0.000000784. The molecule has 0 unspecified atom stereocenters. The molecule has 0 saturated carbocycles. The molecule has 3 aromatic carbocycles. The quantitative estimate of drug-likeness (QED) is 0.282. The second-order valence-electron chi connectivity index (χ2n) is 7.25. The minimum absolute atomic E-state index is 0.239. The molecule has 0 aliphatic carbocycles. The van der Waals surface area contributed by atoms with Gasteiger partial charge in [0.15, 0.2) is 6.79 Å². The number of ether oxygens (including phenoxy) is 2. The number of fused-ring (bicyclic) bond motifs is 1. The summed E-state index contributed by atoms with van der Waals surface area (Å²) in [6.07, 6.45) is 0. The molecule has 4 aromatic rings. The van der Waals surface area contributed by atoms with Crippen LogP contribution in [0.3, 0.4) is 0 Å². The number of benzene rings is 3. The Hall–Kier alpha value is -3.28. The highest BCUT2D eigenvalue weighted by atomic mass is 16.9. The number of hydrogen-bond acceptors (Lipinski definition) is 4. The molecule has 0 amide bonds. The van der Waals surface area contributed by atoms with Crippen LogP contribution in [0.1, 0.15) is 72.1 Å². The lowest BCUT2D eigenvalue weighted by Crippen LogP contribution is -2.45. The van der Waals surface area contributed by atoms with Crippen LogP contribution < -0.4 is 5.69 Å². The van der Waals surface area contributed by atoms with Crippen molar-refractivity contribution in [2.45, 2.75) is 68.1 Å². The molecule has 0 spiro atoms. The summed E-state index contributed by atoms with van der Waals surface area (Å²) < 4.78 is 13.6. The Bertz CT molecular complexity index is 1260. The maximum absolute atomic E-state index is 12.6. The monoisotopic (exact) mass is 504 g/mol. The zero-order chi connectivity index (χ0) is 28.0. The van der Waals surface area contributed by atoms with E-state index in [4.69, 9.17) is 9.47 Å². The average Bonchev–Trinajstić information content (AvgIpc) is 2.95. The third kappa shape index (κ3) is 6.54. The zero-order valence-corrected chi connectivity index (χ0v) is 24.3. The second-order valence-corrected chi connectivity index (χ2v) is 7.25. The Labute approximate surface area is 223 Å². The maximum Gasteiger partial charge on any atom is 0.348 e. The van der Waals surface area contributed by atoms with Crippen LogP contribution in [-0.2, 0) is 22.3 Å². The molecule has 37 heavy (non-hydrogen) atoms. The molecular weight excluding hydrogens is 460 g/mol. The lowest BCUT2D eigenvalue weighted by molar-refractivity contribution is -0.386. The highest BCUT2D eigenvalue weighted by Crippen LogP contribution is 2.43. The highest BCUT2D eigenvalue weighted by molar-refractivity contribution is 5.94. The minimum atomic E-state index is -0.942. The topological polar surface area (TPSA) is 53.4 Å². The summed E-state index contributed by atoms with van der Waals surface area (Å²) in [6.45, 7) is 18.2. The molecule has 1 saturated heterocycles. The molecule has 0 atom stereocenters. The van der Waals surface area contributed by atoms with E-state index in [9.17, 15) is 4.79 Å². The van der Waals surface area contributed by atoms with Crippen LogP contribution in [0.4, 0.5) is 0 Å². The van der Waals surface area contributed by atoms with Crippen molar-refractivity contribution >= 4 is 10.9 Å². The molecule has 0 radical (unpaired) electrons. The van der Waals surface area contributed by atoms with Gasteiger partial charge in [0.25, 0.3) is 0 Å². The predicted octanol–water partition coefficient (Wildman–Crippen LogP) is 8.22. The van der Waals surface area contributed by atoms with E-state index < -0.39 is 5.79 Å². The zero-order valence-electron chi connectivity index (χ0n) is 24.3. The summed E-state index contributed by atoms with van der Waals surface area (Å²) in [4.78, 5) is 16.9. The molecule has 1 aliphatic rings. The second kappa shape index (κ2) is 15.7. The molecule has 0 bridgehead atoms. The molecule has 2 heterocycles. The summed E-state index contributed by atoms with van der Waals surface area (Å²) >= 11 is 0. The van der Waals surface area contributed by atoms with Gasteiger partial charge in [0, 0.05) is 29.1 Å². The third-order valence-corrected chi connectivity index (χ3v) is 5.49. The Kier molecular flexibility index (Phi) is 13.5. The predicted molar refractivity (Wildman–Crippen MR) is 157 cm³/mol. The van der Waals surface area contributed by atoms with Crippen LogP contribution in [0.15, 0.2) is 77.6 Å². The molecule has 0 N–H and O–H groups in total. The van der Waals surface area contributed by atoms with Gasteiger partial charge in [0.2, 0.25) is 5.79 Å². The van der Waals surface area contributed by atoms with Crippen molar-refractivity contribution in [1.82, 2.24) is 9.55 Å². The van der Waals surface area contributed by atoms with Gasteiger partial charge in [-0.2, -0.15) is 4.98 Å². The summed E-state index contributed by atoms with van der Waals surface area (Å²) in [5.41, 5.74) is 4.93. The van der Waals surface area contributed by atoms with E-state index in [0.717, 1.165) is 33.2 Å². The summed E-state index contributed by atoms with van der Waals surface area (Å²) in [5.74, 6) is -0.942. The van der Waals surface area contributed by atoms with E-state index in [0.29, 0.717) is 5.69 Å². The third-order valence-electron chi connectivity index (χ3n) is 5.49. The first-order chi connectivity index (χ1) is 18.1. The number of hydrogen-bond donors (Lipinski definition) is 0. The standard InChI is InChI=1S/C24H20N2O3.4C2H6/c1-16-13-19(24(28-15-29-24)18-11-7-4-8-12-18)14-20-21(17-9-5-3-6-10-17)25-23(27)26(2)22(16)20;4*1-2/h3-14H,15H2,1-2H3;4*1-2H3. The van der Waals surface area contributed by atoms with Crippen LogP contribution in [0.5, 0.6) is 0 Å². The number of nitrogens with zero attached hydrogens (tertiary/aromatic N) is 2. The Morgan fingerprint density at radius 3 is 1.76 bits per heavy atom. The van der Waals surface area contributed by atoms with Gasteiger partial charge in [0.1, 0.15) is 0 Å². The van der Waals surface area contributed by atoms with Gasteiger partial charge in [0.05, 0.1) is 11.2 Å². The van der Waals surface area contributed by atoms with Gasteiger partial charge in [-0.15, -0.1) is 0 Å². The van der Waals surface area contributed by atoms with Gasteiger partial charge in [-0.1, -0.05) is 116 Å². The van der Waals surface area contributed by atoms with Gasteiger partial charge in [-0.05, 0) is 24.6 Å².